The Morgan fingerprint density at radius 2 is 2.07 bits per heavy atom. The second kappa shape index (κ2) is 4.90. The number of nitrogens with zero attached hydrogens (tertiary/aromatic N) is 1. The second-order valence-electron chi connectivity index (χ2n) is 2.63. The van der Waals surface area contributed by atoms with Crippen molar-refractivity contribution >= 4 is 27.7 Å². The first-order valence-electron chi connectivity index (χ1n) is 3.82. The van der Waals surface area contributed by atoms with Crippen molar-refractivity contribution in [2.45, 2.75) is 16.3 Å². The Bertz CT molecular complexity index is 386. The van der Waals surface area contributed by atoms with Gasteiger partial charge in [0.1, 0.15) is 0 Å². The van der Waals surface area contributed by atoms with E-state index in [0.717, 1.165) is 0 Å². The van der Waals surface area contributed by atoms with E-state index < -0.39 is 11.4 Å². The Balaban J connectivity index is 2.82. The Kier molecular flexibility index (Phi) is 4.05. The van der Waals surface area contributed by atoms with Gasteiger partial charge < -0.3 is 0 Å². The summed E-state index contributed by atoms with van der Waals surface area (Å²) < 4.78 is 37.4. The molecule has 1 nitrogen and oxygen atoms in total. The zero-order valence-electron chi connectivity index (χ0n) is 7.25. The van der Waals surface area contributed by atoms with Crippen LogP contribution < -0.4 is 0 Å². The third-order valence-corrected chi connectivity index (χ3v) is 3.09. The summed E-state index contributed by atoms with van der Waals surface area (Å²) >= 11 is 3.64. The Morgan fingerprint density at radius 3 is 2.53 bits per heavy atom. The molecule has 0 radical (unpaired) electrons. The normalized spacial score (nSPS) is 13.3. The summed E-state index contributed by atoms with van der Waals surface area (Å²) in [5.41, 5.74) is 0. The molecule has 0 spiro atoms. The van der Waals surface area contributed by atoms with Crippen molar-refractivity contribution in [3.8, 4) is 6.07 Å². The highest BCUT2D eigenvalue weighted by Crippen LogP contribution is 2.35. The van der Waals surface area contributed by atoms with E-state index in [1.807, 2.05) is 0 Å². The zero-order chi connectivity index (χ0) is 11.5. The molecule has 0 N–H and O–H groups in total. The van der Waals surface area contributed by atoms with Crippen LogP contribution in [0.1, 0.15) is 0 Å². The molecule has 80 valence electrons. The molecule has 0 heterocycles. The maximum absolute atomic E-state index is 12.3. The molecule has 0 bridgehead atoms. The predicted molar refractivity (Wildman–Crippen MR) is 55.5 cm³/mol. The fraction of sp³-hybridized carbons (Fsp3) is 0.222. The Morgan fingerprint density at radius 1 is 1.40 bits per heavy atom. The zero-order valence-corrected chi connectivity index (χ0v) is 9.66. The van der Waals surface area contributed by atoms with Crippen LogP contribution in [-0.4, -0.2) is 11.4 Å². The van der Waals surface area contributed by atoms with E-state index in [1.54, 1.807) is 18.2 Å². The summed E-state index contributed by atoms with van der Waals surface area (Å²) in [5, 5.41) is 6.37. The van der Waals surface area contributed by atoms with E-state index in [9.17, 15) is 13.2 Å². The minimum Gasteiger partial charge on any atom is -0.197 e. The third kappa shape index (κ3) is 3.76. The highest BCUT2D eigenvalue weighted by Gasteiger charge is 2.40. The van der Waals surface area contributed by atoms with Crippen LogP contribution in [0.15, 0.2) is 33.6 Å². The van der Waals surface area contributed by atoms with E-state index in [0.29, 0.717) is 21.1 Å². The Labute approximate surface area is 97.4 Å². The molecule has 1 atom stereocenters. The molecule has 0 fully saturated rings. The first kappa shape index (κ1) is 12.4. The molecule has 1 aromatic carbocycles. The number of nitriles is 1. The molecule has 6 heteroatoms. The minimum atomic E-state index is -4.50. The SMILES string of the molecule is N#CC(Sc1cccc(Br)c1)C(F)(F)F. The van der Waals surface area contributed by atoms with Gasteiger partial charge in [-0.2, -0.15) is 18.4 Å². The highest BCUT2D eigenvalue weighted by molar-refractivity contribution is 9.10. The van der Waals surface area contributed by atoms with Crippen molar-refractivity contribution in [3.63, 3.8) is 0 Å². The lowest BCUT2D eigenvalue weighted by Gasteiger charge is -2.12. The molecule has 15 heavy (non-hydrogen) atoms. The van der Waals surface area contributed by atoms with Crippen molar-refractivity contribution in [2.75, 3.05) is 0 Å². The van der Waals surface area contributed by atoms with Crippen molar-refractivity contribution in [3.05, 3.63) is 28.7 Å². The lowest BCUT2D eigenvalue weighted by atomic mass is 10.4. The number of halogens is 4. The van der Waals surface area contributed by atoms with Crippen molar-refractivity contribution in [1.82, 2.24) is 0 Å². The number of benzene rings is 1. The molecular weight excluding hydrogens is 291 g/mol. The first-order valence-corrected chi connectivity index (χ1v) is 5.49. The predicted octanol–water partition coefficient (Wildman–Crippen LogP) is 4.00. The number of alkyl halides is 3. The summed E-state index contributed by atoms with van der Waals surface area (Å²) in [6, 6.07) is 7.64. The fourth-order valence-corrected chi connectivity index (χ4v) is 2.20. The second-order valence-corrected chi connectivity index (χ2v) is 4.72. The molecule has 0 aliphatic rings. The van der Waals surface area contributed by atoms with E-state index in [-0.39, 0.29) is 0 Å². The van der Waals surface area contributed by atoms with Crippen molar-refractivity contribution in [2.24, 2.45) is 0 Å². The monoisotopic (exact) mass is 295 g/mol. The van der Waals surface area contributed by atoms with Crippen LogP contribution in [0.25, 0.3) is 0 Å². The van der Waals surface area contributed by atoms with Gasteiger partial charge in [0, 0.05) is 9.37 Å². The van der Waals surface area contributed by atoms with Gasteiger partial charge in [0.15, 0.2) is 5.25 Å². The average Bonchev–Trinajstić information content (AvgIpc) is 2.12. The molecule has 0 aliphatic carbocycles. The molecular formula is C9H5BrF3NS. The number of hydrogen-bond donors (Lipinski definition) is 0. The molecule has 0 aliphatic heterocycles. The minimum absolute atomic E-state index is 0.410. The van der Waals surface area contributed by atoms with Gasteiger partial charge in [-0.1, -0.05) is 33.8 Å². The van der Waals surface area contributed by atoms with E-state index in [4.69, 9.17) is 5.26 Å². The third-order valence-electron chi connectivity index (χ3n) is 1.46. The summed E-state index contributed by atoms with van der Waals surface area (Å²) in [5.74, 6) is 0. The quantitative estimate of drug-likeness (QED) is 0.770. The van der Waals surface area contributed by atoms with Crippen LogP contribution in [0.3, 0.4) is 0 Å². The molecule has 1 unspecified atom stereocenters. The van der Waals surface area contributed by atoms with Gasteiger partial charge in [-0.15, -0.1) is 0 Å². The van der Waals surface area contributed by atoms with Crippen LogP contribution in [0.2, 0.25) is 0 Å². The topological polar surface area (TPSA) is 23.8 Å². The van der Waals surface area contributed by atoms with Crippen molar-refractivity contribution in [1.29, 1.82) is 5.26 Å². The Hall–Kier alpha value is -0.670. The fourth-order valence-electron chi connectivity index (χ4n) is 0.843. The standard InChI is InChI=1S/C9H5BrF3NS/c10-6-2-1-3-7(4-6)15-8(5-14)9(11,12)13/h1-4,8H. The lowest BCUT2D eigenvalue weighted by Crippen LogP contribution is -2.23. The molecule has 0 aromatic heterocycles. The van der Waals surface area contributed by atoms with Crippen LogP contribution in [0, 0.1) is 11.3 Å². The van der Waals surface area contributed by atoms with Gasteiger partial charge in [0.2, 0.25) is 0 Å². The number of rotatable bonds is 2. The molecule has 0 saturated heterocycles. The highest BCUT2D eigenvalue weighted by atomic mass is 79.9. The molecule has 0 amide bonds. The molecule has 0 saturated carbocycles. The van der Waals surface area contributed by atoms with E-state index in [1.165, 1.54) is 12.1 Å². The van der Waals surface area contributed by atoms with Crippen LogP contribution in [0.4, 0.5) is 13.2 Å². The molecule has 1 rings (SSSR count). The first-order chi connectivity index (χ1) is 6.93. The van der Waals surface area contributed by atoms with Gasteiger partial charge in [0.05, 0.1) is 6.07 Å². The average molecular weight is 296 g/mol. The van der Waals surface area contributed by atoms with Crippen LogP contribution in [-0.2, 0) is 0 Å². The van der Waals surface area contributed by atoms with Gasteiger partial charge in [-0.25, -0.2) is 0 Å². The summed E-state index contributed by atoms with van der Waals surface area (Å²) in [4.78, 5) is 0.410. The maximum Gasteiger partial charge on any atom is 0.413 e. The van der Waals surface area contributed by atoms with Gasteiger partial charge >= 0.3 is 6.18 Å². The summed E-state index contributed by atoms with van der Waals surface area (Å²) in [7, 11) is 0. The number of thioether (sulfide) groups is 1. The largest absolute Gasteiger partial charge is 0.413 e. The molecule has 1 aromatic rings. The smallest absolute Gasteiger partial charge is 0.197 e. The van der Waals surface area contributed by atoms with Gasteiger partial charge in [0.25, 0.3) is 0 Å². The van der Waals surface area contributed by atoms with Gasteiger partial charge in [-0.3, -0.25) is 0 Å². The maximum atomic E-state index is 12.3. The van der Waals surface area contributed by atoms with E-state index in [2.05, 4.69) is 15.9 Å². The lowest BCUT2D eigenvalue weighted by molar-refractivity contribution is -0.118. The van der Waals surface area contributed by atoms with Crippen LogP contribution in [0.5, 0.6) is 0 Å². The summed E-state index contributed by atoms with van der Waals surface area (Å²) in [6.07, 6.45) is -4.50. The van der Waals surface area contributed by atoms with Crippen LogP contribution >= 0.6 is 27.7 Å². The summed E-state index contributed by atoms with van der Waals surface area (Å²) in [6.45, 7) is 0. The van der Waals surface area contributed by atoms with Gasteiger partial charge in [-0.05, 0) is 18.2 Å². The van der Waals surface area contributed by atoms with Crippen molar-refractivity contribution < 1.29 is 13.2 Å². The number of hydrogen-bond acceptors (Lipinski definition) is 2. The van der Waals surface area contributed by atoms with E-state index >= 15 is 0 Å².